The second kappa shape index (κ2) is 5.14. The van der Waals surface area contributed by atoms with Gasteiger partial charge in [0.25, 0.3) is 0 Å². The molecule has 1 atom stereocenters. The maximum absolute atomic E-state index is 11.0. The number of unbranched alkanes of at least 4 members (excludes halogenated alkanes) is 2. The van der Waals surface area contributed by atoms with E-state index in [0.29, 0.717) is 13.2 Å². The van der Waals surface area contributed by atoms with Gasteiger partial charge in [-0.3, -0.25) is 0 Å². The van der Waals surface area contributed by atoms with E-state index in [1.54, 1.807) is 0 Å². The summed E-state index contributed by atoms with van der Waals surface area (Å²) in [7, 11) is 0. The van der Waals surface area contributed by atoms with Crippen molar-refractivity contribution in [2.75, 3.05) is 13.2 Å². The van der Waals surface area contributed by atoms with Crippen molar-refractivity contribution in [2.45, 2.75) is 38.7 Å². The summed E-state index contributed by atoms with van der Waals surface area (Å²) in [6.07, 6.45) is 3.91. The van der Waals surface area contributed by atoms with Crippen LogP contribution in [0.4, 0.5) is 0 Å². The fourth-order valence-electron chi connectivity index (χ4n) is 1.27. The fourth-order valence-corrected chi connectivity index (χ4v) is 1.27. The lowest BCUT2D eigenvalue weighted by Gasteiger charge is -2.21. The van der Waals surface area contributed by atoms with Gasteiger partial charge in [0.2, 0.25) is 0 Å². The zero-order valence-electron chi connectivity index (χ0n) is 7.54. The van der Waals surface area contributed by atoms with Crippen LogP contribution in [0.25, 0.3) is 0 Å². The largest absolute Gasteiger partial charge is 0.461 e. The van der Waals surface area contributed by atoms with Crippen molar-refractivity contribution in [3.05, 3.63) is 0 Å². The van der Waals surface area contributed by atoms with Gasteiger partial charge in [-0.1, -0.05) is 26.2 Å². The summed E-state index contributed by atoms with van der Waals surface area (Å²) in [5.74, 6) is -0.183. The lowest BCUT2D eigenvalue weighted by atomic mass is 10.1. The molecule has 1 rings (SSSR count). The number of esters is 1. The second-order valence-electron chi connectivity index (χ2n) is 3.02. The number of carbonyl (C=O) groups excluding carboxylic acids is 1. The van der Waals surface area contributed by atoms with Crippen LogP contribution in [0, 0.1) is 0 Å². The SMILES string of the molecule is CCCCCC1OCCOC1=O. The van der Waals surface area contributed by atoms with Gasteiger partial charge in [0.15, 0.2) is 6.10 Å². The monoisotopic (exact) mass is 172 g/mol. The fraction of sp³-hybridized carbons (Fsp3) is 0.889. The van der Waals surface area contributed by atoms with Crippen molar-refractivity contribution >= 4 is 5.97 Å². The molecule has 0 bridgehead atoms. The zero-order valence-corrected chi connectivity index (χ0v) is 7.54. The van der Waals surface area contributed by atoms with E-state index in [2.05, 4.69) is 6.92 Å². The maximum atomic E-state index is 11.0. The Kier molecular flexibility index (Phi) is 4.08. The highest BCUT2D eigenvalue weighted by Gasteiger charge is 2.23. The van der Waals surface area contributed by atoms with Gasteiger partial charge in [-0.25, -0.2) is 4.79 Å². The quantitative estimate of drug-likeness (QED) is 0.476. The molecule has 0 amide bonds. The van der Waals surface area contributed by atoms with E-state index >= 15 is 0 Å². The summed E-state index contributed by atoms with van der Waals surface area (Å²) >= 11 is 0. The van der Waals surface area contributed by atoms with Crippen molar-refractivity contribution in [1.29, 1.82) is 0 Å². The van der Waals surface area contributed by atoms with Gasteiger partial charge in [-0.05, 0) is 6.42 Å². The van der Waals surface area contributed by atoms with E-state index in [9.17, 15) is 4.79 Å². The summed E-state index contributed by atoms with van der Waals surface area (Å²) < 4.78 is 10.1. The van der Waals surface area contributed by atoms with Crippen molar-refractivity contribution in [3.8, 4) is 0 Å². The molecule has 1 fully saturated rings. The Labute approximate surface area is 73.0 Å². The highest BCUT2D eigenvalue weighted by molar-refractivity contribution is 5.75. The normalized spacial score (nSPS) is 23.8. The van der Waals surface area contributed by atoms with Gasteiger partial charge in [0.1, 0.15) is 6.61 Å². The molecule has 3 nitrogen and oxygen atoms in total. The third-order valence-electron chi connectivity index (χ3n) is 1.98. The Morgan fingerprint density at radius 1 is 1.42 bits per heavy atom. The number of carbonyl (C=O) groups is 1. The highest BCUT2D eigenvalue weighted by atomic mass is 16.6. The minimum Gasteiger partial charge on any atom is -0.461 e. The summed E-state index contributed by atoms with van der Waals surface area (Å²) in [6, 6.07) is 0. The van der Waals surface area contributed by atoms with Crippen LogP contribution in [-0.2, 0) is 14.3 Å². The molecule has 70 valence electrons. The topological polar surface area (TPSA) is 35.5 Å². The van der Waals surface area contributed by atoms with Gasteiger partial charge in [-0.2, -0.15) is 0 Å². The molecule has 0 aromatic rings. The first-order chi connectivity index (χ1) is 5.84. The zero-order chi connectivity index (χ0) is 8.81. The van der Waals surface area contributed by atoms with Crippen LogP contribution in [0.3, 0.4) is 0 Å². The van der Waals surface area contributed by atoms with Gasteiger partial charge in [0.05, 0.1) is 6.61 Å². The Morgan fingerprint density at radius 2 is 2.25 bits per heavy atom. The van der Waals surface area contributed by atoms with E-state index in [-0.39, 0.29) is 12.1 Å². The third kappa shape index (κ3) is 2.81. The lowest BCUT2D eigenvalue weighted by Crippen LogP contribution is -2.33. The Morgan fingerprint density at radius 3 is 2.92 bits per heavy atom. The summed E-state index contributed by atoms with van der Waals surface area (Å²) in [4.78, 5) is 11.0. The van der Waals surface area contributed by atoms with Gasteiger partial charge in [-0.15, -0.1) is 0 Å². The molecule has 3 heteroatoms. The molecule has 1 saturated heterocycles. The Hall–Kier alpha value is -0.570. The van der Waals surface area contributed by atoms with E-state index < -0.39 is 0 Å². The molecule has 0 saturated carbocycles. The highest BCUT2D eigenvalue weighted by Crippen LogP contribution is 2.11. The molecular formula is C9H16O3. The van der Waals surface area contributed by atoms with E-state index in [4.69, 9.17) is 9.47 Å². The van der Waals surface area contributed by atoms with Crippen LogP contribution in [-0.4, -0.2) is 25.3 Å². The molecule has 12 heavy (non-hydrogen) atoms. The number of rotatable bonds is 4. The van der Waals surface area contributed by atoms with E-state index in [0.717, 1.165) is 19.3 Å². The molecular weight excluding hydrogens is 156 g/mol. The van der Waals surface area contributed by atoms with Crippen LogP contribution in [0.2, 0.25) is 0 Å². The first kappa shape index (κ1) is 9.52. The number of hydrogen-bond acceptors (Lipinski definition) is 3. The average Bonchev–Trinajstić information content (AvgIpc) is 2.09. The molecule has 0 aliphatic carbocycles. The Balaban J connectivity index is 2.16. The second-order valence-corrected chi connectivity index (χ2v) is 3.02. The van der Waals surface area contributed by atoms with Crippen molar-refractivity contribution in [2.24, 2.45) is 0 Å². The standard InChI is InChI=1S/C9H16O3/c1-2-3-4-5-8-9(10)12-7-6-11-8/h8H,2-7H2,1H3. The van der Waals surface area contributed by atoms with Crippen LogP contribution in [0.1, 0.15) is 32.6 Å². The summed E-state index contributed by atoms with van der Waals surface area (Å²) in [5, 5.41) is 0. The molecule has 0 aromatic heterocycles. The number of ether oxygens (including phenoxy) is 2. The van der Waals surface area contributed by atoms with Crippen LogP contribution in [0.5, 0.6) is 0 Å². The number of hydrogen-bond donors (Lipinski definition) is 0. The van der Waals surface area contributed by atoms with Crippen molar-refractivity contribution < 1.29 is 14.3 Å². The van der Waals surface area contributed by atoms with E-state index in [1.165, 1.54) is 6.42 Å². The smallest absolute Gasteiger partial charge is 0.335 e. The summed E-state index contributed by atoms with van der Waals surface area (Å²) in [5.41, 5.74) is 0. The molecule has 1 aliphatic rings. The van der Waals surface area contributed by atoms with Crippen molar-refractivity contribution in [3.63, 3.8) is 0 Å². The Bertz CT molecular complexity index is 145. The molecule has 1 aliphatic heterocycles. The predicted octanol–water partition coefficient (Wildman–Crippen LogP) is 1.51. The maximum Gasteiger partial charge on any atom is 0.335 e. The van der Waals surface area contributed by atoms with Crippen LogP contribution in [0.15, 0.2) is 0 Å². The van der Waals surface area contributed by atoms with E-state index in [1.807, 2.05) is 0 Å². The molecule has 1 heterocycles. The lowest BCUT2D eigenvalue weighted by molar-refractivity contribution is -0.171. The predicted molar refractivity (Wildman–Crippen MR) is 44.8 cm³/mol. The minimum absolute atomic E-state index is 0.183. The third-order valence-corrected chi connectivity index (χ3v) is 1.98. The first-order valence-corrected chi connectivity index (χ1v) is 4.63. The molecule has 0 radical (unpaired) electrons. The molecule has 1 unspecified atom stereocenters. The average molecular weight is 172 g/mol. The molecule has 0 spiro atoms. The molecule has 0 aromatic carbocycles. The van der Waals surface area contributed by atoms with Crippen LogP contribution >= 0.6 is 0 Å². The van der Waals surface area contributed by atoms with Crippen molar-refractivity contribution in [1.82, 2.24) is 0 Å². The minimum atomic E-state index is -0.287. The summed E-state index contributed by atoms with van der Waals surface area (Å²) in [6.45, 7) is 3.12. The van der Waals surface area contributed by atoms with Gasteiger partial charge >= 0.3 is 5.97 Å². The van der Waals surface area contributed by atoms with Gasteiger partial charge < -0.3 is 9.47 Å². The van der Waals surface area contributed by atoms with Crippen LogP contribution < -0.4 is 0 Å². The first-order valence-electron chi connectivity index (χ1n) is 4.63. The molecule has 0 N–H and O–H groups in total. The number of cyclic esters (lactones) is 1. The van der Waals surface area contributed by atoms with Gasteiger partial charge in [0, 0.05) is 0 Å².